The van der Waals surface area contributed by atoms with E-state index >= 15 is 0 Å². The van der Waals surface area contributed by atoms with Gasteiger partial charge in [0, 0.05) is 41.2 Å². The molecule has 0 atom stereocenters. The molecular weight excluding hydrogens is 464 g/mol. The first kappa shape index (κ1) is 15.6. The molecule has 35 heavy (non-hydrogen) atoms. The van der Waals surface area contributed by atoms with Crippen molar-refractivity contribution in [2.45, 2.75) is 32.6 Å². The summed E-state index contributed by atoms with van der Waals surface area (Å²) in [5, 5.41) is 0. The summed E-state index contributed by atoms with van der Waals surface area (Å²) in [5.41, 5.74) is 1.82. The van der Waals surface area contributed by atoms with Crippen LogP contribution in [0.3, 0.4) is 0 Å². The van der Waals surface area contributed by atoms with Crippen molar-refractivity contribution >= 4 is 21.7 Å². The molecule has 186 valence electrons. The Bertz CT molecular complexity index is 1560. The number of hydrogen-bond donors (Lipinski definition) is 1. The van der Waals surface area contributed by atoms with Gasteiger partial charge in [-0.1, -0.05) is 60.7 Å². The zero-order chi connectivity index (χ0) is 33.8. The van der Waals surface area contributed by atoms with Crippen molar-refractivity contribution in [1.29, 1.82) is 0 Å². The fourth-order valence-electron chi connectivity index (χ4n) is 3.05. The van der Waals surface area contributed by atoms with E-state index in [1.165, 1.54) is 4.72 Å². The number of carbonyl (C=O) groups excluding carboxylic acids is 1. The number of nitrogens with one attached hydrogen (secondary N) is 1. The summed E-state index contributed by atoms with van der Waals surface area (Å²) in [4.78, 5) is 21.5. The molecule has 0 unspecified atom stereocenters. The van der Waals surface area contributed by atoms with Crippen molar-refractivity contribution in [2.75, 3.05) is 30.8 Å². The maximum Gasteiger partial charge on any atom is 0.259 e. The van der Waals surface area contributed by atoms with Crippen LogP contribution in [-0.4, -0.2) is 56.3 Å². The molecule has 1 heterocycles. The number of hydrogen-bond acceptors (Lipinski definition) is 7. The highest BCUT2D eigenvalue weighted by Crippen LogP contribution is 2.30. The van der Waals surface area contributed by atoms with Crippen molar-refractivity contribution in [3.05, 3.63) is 66.9 Å². The number of carbonyl (C=O) groups is 1. The van der Waals surface area contributed by atoms with Crippen LogP contribution in [0.25, 0.3) is 22.5 Å². The van der Waals surface area contributed by atoms with Gasteiger partial charge in [0.2, 0.25) is 10.0 Å². The van der Waals surface area contributed by atoms with Crippen molar-refractivity contribution in [3.8, 4) is 22.5 Å². The van der Waals surface area contributed by atoms with E-state index in [0.29, 0.717) is 28.0 Å². The van der Waals surface area contributed by atoms with E-state index in [1.54, 1.807) is 60.7 Å². The smallest absolute Gasteiger partial charge is 0.259 e. The standard InChI is InChI=1S/C26H32N4O4S/c1-20(2)30(16-10-11-17-34-19-24(31)29-35(3,32)33)23-18-27-25(21-12-6-4-7-13-21)26(28-23)22-14-8-5-9-15-22/h4-9,12-15,18,20H,10-11,16-17,19H2,1-3H3,(H,29,31)/i1D3,2D3,16D2,19D2. The van der Waals surface area contributed by atoms with Crippen molar-refractivity contribution in [1.82, 2.24) is 14.7 Å². The van der Waals surface area contributed by atoms with Crippen LogP contribution in [0.15, 0.2) is 66.9 Å². The molecule has 9 heteroatoms. The predicted molar refractivity (Wildman–Crippen MR) is 138 cm³/mol. The second-order valence-corrected chi connectivity index (χ2v) is 9.09. The lowest BCUT2D eigenvalue weighted by atomic mass is 10.0. The van der Waals surface area contributed by atoms with Gasteiger partial charge in [-0.25, -0.2) is 13.4 Å². The number of amides is 1. The maximum atomic E-state index is 11.9. The van der Waals surface area contributed by atoms with Gasteiger partial charge in [-0.2, -0.15) is 0 Å². The lowest BCUT2D eigenvalue weighted by molar-refractivity contribution is -0.123. The minimum atomic E-state index is -4.09. The van der Waals surface area contributed by atoms with E-state index < -0.39 is 61.8 Å². The van der Waals surface area contributed by atoms with E-state index in [2.05, 4.69) is 9.97 Å². The van der Waals surface area contributed by atoms with Crippen molar-refractivity contribution in [2.24, 2.45) is 0 Å². The SMILES string of the molecule is [2H]C([2H])(OCCCC([2H])([2H])N(c1cnc(-c2ccccc2)c(-c2ccccc2)n1)C(C([2H])([2H])[2H])C([2H])([2H])[2H])C(=O)NS(C)(=O)=O. The van der Waals surface area contributed by atoms with E-state index in [0.717, 1.165) is 6.20 Å². The lowest BCUT2D eigenvalue weighted by Gasteiger charge is -2.28. The number of benzene rings is 2. The Kier molecular flexibility index (Phi) is 5.55. The molecule has 0 aliphatic carbocycles. The number of aromatic nitrogens is 2. The first-order valence-corrected chi connectivity index (χ1v) is 12.5. The first-order valence-electron chi connectivity index (χ1n) is 15.6. The molecular formula is C26H32N4O4S. The minimum absolute atomic E-state index is 0.239. The summed E-state index contributed by atoms with van der Waals surface area (Å²) in [5.74, 6) is -1.97. The Labute approximate surface area is 221 Å². The zero-order valence-corrected chi connectivity index (χ0v) is 19.7. The number of anilines is 1. The molecule has 0 saturated carbocycles. The normalized spacial score (nSPS) is 17.2. The van der Waals surface area contributed by atoms with Crippen LogP contribution in [0, 0.1) is 0 Å². The Balaban J connectivity index is 2.06. The van der Waals surface area contributed by atoms with E-state index in [9.17, 15) is 13.2 Å². The molecule has 8 nitrogen and oxygen atoms in total. The molecule has 0 saturated heterocycles. The second-order valence-electron chi connectivity index (χ2n) is 7.35. The fraction of sp³-hybridized carbons (Fsp3) is 0.346. The van der Waals surface area contributed by atoms with E-state index in [4.69, 9.17) is 18.4 Å². The molecule has 3 rings (SSSR count). The predicted octanol–water partition coefficient (Wildman–Crippen LogP) is 3.90. The summed E-state index contributed by atoms with van der Waals surface area (Å²) >= 11 is 0. The molecule has 0 spiro atoms. The molecule has 1 aromatic heterocycles. The summed E-state index contributed by atoms with van der Waals surface area (Å²) in [6.07, 6.45) is 0.795. The Morgan fingerprint density at radius 2 is 1.69 bits per heavy atom. The van der Waals surface area contributed by atoms with Gasteiger partial charge in [-0.15, -0.1) is 0 Å². The fourth-order valence-corrected chi connectivity index (χ4v) is 3.43. The van der Waals surface area contributed by atoms with Gasteiger partial charge in [-0.3, -0.25) is 14.5 Å². The van der Waals surface area contributed by atoms with E-state index in [1.807, 2.05) is 0 Å². The monoisotopic (exact) mass is 506 g/mol. The molecule has 0 bridgehead atoms. The van der Waals surface area contributed by atoms with Gasteiger partial charge in [0.25, 0.3) is 5.91 Å². The summed E-state index contributed by atoms with van der Waals surface area (Å²) in [7, 11) is -4.09. The second kappa shape index (κ2) is 12.4. The highest BCUT2D eigenvalue weighted by Gasteiger charge is 2.17. The van der Waals surface area contributed by atoms with Crippen LogP contribution in [0.5, 0.6) is 0 Å². The average Bonchev–Trinajstić information content (AvgIpc) is 2.92. The largest absolute Gasteiger partial charge is 0.372 e. The Morgan fingerprint density at radius 3 is 2.29 bits per heavy atom. The number of sulfonamides is 1. The van der Waals surface area contributed by atoms with Crippen molar-refractivity contribution in [3.63, 3.8) is 0 Å². The van der Waals surface area contributed by atoms with Gasteiger partial charge < -0.3 is 9.64 Å². The Hall–Kier alpha value is -3.30. The summed E-state index contributed by atoms with van der Waals surface area (Å²) in [6, 6.07) is 15.2. The Morgan fingerprint density at radius 1 is 1.06 bits per heavy atom. The zero-order valence-electron chi connectivity index (χ0n) is 28.9. The third-order valence-corrected chi connectivity index (χ3v) is 5.06. The van der Waals surface area contributed by atoms with E-state index in [-0.39, 0.29) is 17.9 Å². The highest BCUT2D eigenvalue weighted by atomic mass is 32.2. The quantitative estimate of drug-likeness (QED) is 0.372. The first-order chi connectivity index (χ1) is 20.6. The summed E-state index contributed by atoms with van der Waals surface area (Å²) < 4.78 is 110. The van der Waals surface area contributed by atoms with Gasteiger partial charge >= 0.3 is 0 Å². The number of nitrogens with zero attached hydrogens (tertiary/aromatic N) is 3. The van der Waals surface area contributed by atoms with Crippen molar-refractivity contribution < 1.29 is 31.7 Å². The van der Waals surface area contributed by atoms with Gasteiger partial charge in [0.1, 0.15) is 12.4 Å². The molecule has 0 radical (unpaired) electrons. The van der Waals surface area contributed by atoms with Crippen LogP contribution >= 0.6 is 0 Å². The summed E-state index contributed by atoms with van der Waals surface area (Å²) in [6.45, 7) is -12.9. The van der Waals surface area contributed by atoms with Crippen LogP contribution in [0.2, 0.25) is 0 Å². The number of ether oxygens (including phenoxy) is 1. The third kappa shape index (κ3) is 8.15. The molecule has 2 aromatic carbocycles. The van der Waals surface area contributed by atoms with Crippen LogP contribution in [0.1, 0.15) is 40.3 Å². The van der Waals surface area contributed by atoms with Gasteiger partial charge in [0.05, 0.1) is 26.6 Å². The highest BCUT2D eigenvalue weighted by molar-refractivity contribution is 7.89. The van der Waals surface area contributed by atoms with Crippen LogP contribution in [0.4, 0.5) is 5.82 Å². The molecule has 0 aliphatic heterocycles. The van der Waals surface area contributed by atoms with Crippen LogP contribution in [-0.2, 0) is 19.6 Å². The molecule has 1 N–H and O–H groups in total. The molecule has 0 fully saturated rings. The lowest BCUT2D eigenvalue weighted by Crippen LogP contribution is -2.33. The van der Waals surface area contributed by atoms with Gasteiger partial charge in [0.15, 0.2) is 0 Å². The number of rotatable bonds is 12. The molecule has 1 amide bonds. The maximum absolute atomic E-state index is 11.9. The average molecular weight is 507 g/mol. The molecule has 0 aliphatic rings. The molecule has 3 aromatic rings. The third-order valence-electron chi connectivity index (χ3n) is 4.51. The minimum Gasteiger partial charge on any atom is -0.372 e. The van der Waals surface area contributed by atoms with Crippen LogP contribution < -0.4 is 9.62 Å². The van der Waals surface area contributed by atoms with Gasteiger partial charge in [-0.05, 0) is 26.5 Å². The topological polar surface area (TPSA) is 101 Å².